The van der Waals surface area contributed by atoms with Gasteiger partial charge in [0.2, 0.25) is 0 Å². The quantitative estimate of drug-likeness (QED) is 0.356. The molecular weight excluding hydrogens is 460 g/mol. The number of hydrogen-bond acceptors (Lipinski definition) is 4. The summed E-state index contributed by atoms with van der Waals surface area (Å²) in [5.74, 6) is -0.708. The summed E-state index contributed by atoms with van der Waals surface area (Å²) in [6.45, 7) is 0. The lowest BCUT2D eigenvalue weighted by molar-refractivity contribution is -0.112. The fraction of sp³-hybridized carbons (Fsp3) is 0.0357. The highest BCUT2D eigenvalue weighted by Gasteiger charge is 2.39. The second-order valence-electron chi connectivity index (χ2n) is 8.32. The van der Waals surface area contributed by atoms with E-state index >= 15 is 0 Å². The van der Waals surface area contributed by atoms with Crippen molar-refractivity contribution < 1.29 is 17.6 Å². The van der Waals surface area contributed by atoms with Crippen LogP contribution in [0.1, 0.15) is 11.1 Å². The first-order valence-corrected chi connectivity index (χ1v) is 12.5. The van der Waals surface area contributed by atoms with Gasteiger partial charge in [-0.25, -0.2) is 8.42 Å². The van der Waals surface area contributed by atoms with E-state index in [9.17, 15) is 13.2 Å². The number of furan rings is 1. The molecule has 7 heteroatoms. The van der Waals surface area contributed by atoms with Crippen LogP contribution in [0.4, 0.5) is 11.4 Å². The number of para-hydroxylation sites is 2. The Labute approximate surface area is 202 Å². The van der Waals surface area contributed by atoms with E-state index in [0.717, 1.165) is 20.7 Å². The number of carbonyl (C=O) groups is 1. The summed E-state index contributed by atoms with van der Waals surface area (Å²) < 4.78 is 34.3. The van der Waals surface area contributed by atoms with E-state index in [-0.39, 0.29) is 4.91 Å². The largest absolute Gasteiger partial charge is 0.456 e. The van der Waals surface area contributed by atoms with Crippen LogP contribution in [0.15, 0.2) is 106 Å². The van der Waals surface area contributed by atoms with Gasteiger partial charge in [-0.1, -0.05) is 66.7 Å². The lowest BCUT2D eigenvalue weighted by Crippen LogP contribution is -2.37. The minimum Gasteiger partial charge on any atom is -0.456 e. The number of hydrogen-bond donors (Lipinski definition) is 1. The number of carbonyl (C=O) groups excluding carboxylic acids is 1. The first kappa shape index (κ1) is 21.2. The monoisotopic (exact) mass is 480 g/mol. The minimum absolute atomic E-state index is 0.297. The molecule has 1 N–H and O–H groups in total. The maximum absolute atomic E-state index is 13.6. The van der Waals surface area contributed by atoms with Crippen molar-refractivity contribution in [3.05, 3.63) is 113 Å². The number of nitrogens with one attached hydrogen (secondary N) is 1. The fourth-order valence-corrected chi connectivity index (χ4v) is 6.05. The van der Waals surface area contributed by atoms with Crippen LogP contribution in [0.2, 0.25) is 0 Å². The van der Waals surface area contributed by atoms with Crippen molar-refractivity contribution in [2.75, 3.05) is 16.7 Å². The zero-order valence-corrected chi connectivity index (χ0v) is 19.5. The smallest absolute Gasteiger partial charge is 0.270 e. The predicted octanol–water partition coefficient (Wildman–Crippen LogP) is 5.76. The van der Waals surface area contributed by atoms with Gasteiger partial charge in [-0.15, -0.1) is 0 Å². The molecule has 0 aliphatic carbocycles. The van der Waals surface area contributed by atoms with E-state index in [1.807, 2.05) is 60.7 Å². The molecular formula is C28H20N2O4S. The van der Waals surface area contributed by atoms with Gasteiger partial charge < -0.3 is 9.73 Å². The van der Waals surface area contributed by atoms with Gasteiger partial charge in [0.15, 0.2) is 4.91 Å². The first-order valence-electron chi connectivity index (χ1n) is 11.1. The Balaban J connectivity index is 1.51. The van der Waals surface area contributed by atoms with Crippen LogP contribution in [0, 0.1) is 0 Å². The molecule has 6 rings (SSSR count). The molecule has 0 saturated carbocycles. The van der Waals surface area contributed by atoms with Gasteiger partial charge in [-0.05, 0) is 29.8 Å². The molecule has 4 aromatic carbocycles. The molecule has 172 valence electrons. The number of fused-ring (bicyclic) bond motifs is 4. The maximum atomic E-state index is 13.6. The molecule has 6 nitrogen and oxygen atoms in total. The van der Waals surface area contributed by atoms with Crippen LogP contribution in [-0.2, 0) is 14.8 Å². The summed E-state index contributed by atoms with van der Waals surface area (Å²) in [5, 5.41) is 4.69. The van der Waals surface area contributed by atoms with Crippen molar-refractivity contribution in [1.29, 1.82) is 0 Å². The van der Waals surface area contributed by atoms with Crippen LogP contribution in [0.3, 0.4) is 0 Å². The zero-order chi connectivity index (χ0) is 24.2. The van der Waals surface area contributed by atoms with Gasteiger partial charge in [0, 0.05) is 40.7 Å². The second-order valence-corrected chi connectivity index (χ2v) is 10.2. The molecule has 1 amide bonds. The summed E-state index contributed by atoms with van der Waals surface area (Å²) >= 11 is 0. The van der Waals surface area contributed by atoms with Gasteiger partial charge in [0.05, 0.1) is 5.69 Å². The number of sulfonamides is 1. The average molecular weight is 481 g/mol. The van der Waals surface area contributed by atoms with Crippen LogP contribution >= 0.6 is 0 Å². The Morgan fingerprint density at radius 3 is 2.31 bits per heavy atom. The van der Waals surface area contributed by atoms with E-state index in [4.69, 9.17) is 4.42 Å². The lowest BCUT2D eigenvalue weighted by Gasteiger charge is -2.30. The van der Waals surface area contributed by atoms with Crippen molar-refractivity contribution in [1.82, 2.24) is 0 Å². The van der Waals surface area contributed by atoms with E-state index in [1.165, 1.54) is 7.05 Å². The first-order chi connectivity index (χ1) is 16.9. The molecule has 0 bridgehead atoms. The van der Waals surface area contributed by atoms with E-state index in [1.54, 1.807) is 36.4 Å². The standard InChI is InChI=1S/C28H20N2O4S/c1-30-23-13-7-5-12-22(23)26(18-9-3-2-4-10-18)27(35(30,32)33)28(31)29-19-15-16-21-20-11-6-8-14-24(20)34-25(21)17-19/h2-17H,1H3,(H,29,31). The number of benzene rings is 4. The van der Waals surface area contributed by atoms with Crippen LogP contribution in [-0.4, -0.2) is 21.4 Å². The van der Waals surface area contributed by atoms with Gasteiger partial charge in [0.25, 0.3) is 15.9 Å². The molecule has 0 fully saturated rings. The van der Waals surface area contributed by atoms with Gasteiger partial charge in [0.1, 0.15) is 11.2 Å². The van der Waals surface area contributed by atoms with Crippen molar-refractivity contribution in [3.63, 3.8) is 0 Å². The van der Waals surface area contributed by atoms with Gasteiger partial charge in [-0.3, -0.25) is 9.10 Å². The highest BCUT2D eigenvalue weighted by molar-refractivity contribution is 7.97. The maximum Gasteiger partial charge on any atom is 0.270 e. The van der Waals surface area contributed by atoms with Gasteiger partial charge in [-0.2, -0.15) is 0 Å². The Morgan fingerprint density at radius 1 is 0.800 bits per heavy atom. The van der Waals surface area contributed by atoms with Crippen molar-refractivity contribution in [2.45, 2.75) is 0 Å². The SMILES string of the molecule is CN1c2ccccc2C(c2ccccc2)=C(C(=O)Nc2ccc3c(c2)oc2ccccc23)S1(=O)=O. The Hall–Kier alpha value is -4.36. The molecule has 0 spiro atoms. The Bertz CT molecular complexity index is 1770. The van der Waals surface area contributed by atoms with Crippen LogP contribution in [0.5, 0.6) is 0 Å². The molecule has 1 aliphatic rings. The predicted molar refractivity (Wildman–Crippen MR) is 139 cm³/mol. The van der Waals surface area contributed by atoms with Crippen molar-refractivity contribution in [2.24, 2.45) is 0 Å². The number of rotatable bonds is 3. The normalized spacial score (nSPS) is 14.8. The van der Waals surface area contributed by atoms with E-state index in [0.29, 0.717) is 33.7 Å². The second kappa shape index (κ2) is 7.85. The third-order valence-corrected chi connectivity index (χ3v) is 8.09. The fourth-order valence-electron chi connectivity index (χ4n) is 4.59. The molecule has 0 atom stereocenters. The molecule has 0 unspecified atom stereocenters. The van der Waals surface area contributed by atoms with Crippen molar-refractivity contribution >= 4 is 54.8 Å². The molecule has 5 aromatic rings. The highest BCUT2D eigenvalue weighted by Crippen LogP contribution is 2.42. The molecule has 1 aliphatic heterocycles. The third-order valence-electron chi connectivity index (χ3n) is 6.26. The van der Waals surface area contributed by atoms with E-state index < -0.39 is 15.9 Å². The summed E-state index contributed by atoms with van der Waals surface area (Å²) in [7, 11) is -2.66. The molecule has 0 saturated heterocycles. The number of amides is 1. The Morgan fingerprint density at radius 2 is 1.49 bits per heavy atom. The zero-order valence-electron chi connectivity index (χ0n) is 18.7. The number of nitrogens with zero attached hydrogens (tertiary/aromatic N) is 1. The third kappa shape index (κ3) is 3.32. The average Bonchev–Trinajstić information content (AvgIpc) is 3.24. The topological polar surface area (TPSA) is 79.6 Å². The van der Waals surface area contributed by atoms with E-state index in [2.05, 4.69) is 5.32 Å². The summed E-state index contributed by atoms with van der Waals surface area (Å²) in [4.78, 5) is 13.3. The summed E-state index contributed by atoms with van der Waals surface area (Å²) in [5.41, 5.74) is 4.01. The summed E-state index contributed by atoms with van der Waals surface area (Å²) in [6.07, 6.45) is 0. The van der Waals surface area contributed by atoms with Crippen molar-refractivity contribution in [3.8, 4) is 0 Å². The minimum atomic E-state index is -4.12. The van der Waals surface area contributed by atoms with Gasteiger partial charge >= 0.3 is 0 Å². The lowest BCUT2D eigenvalue weighted by atomic mass is 9.95. The molecule has 2 heterocycles. The van der Waals surface area contributed by atoms with Crippen LogP contribution < -0.4 is 9.62 Å². The highest BCUT2D eigenvalue weighted by atomic mass is 32.2. The molecule has 1 aromatic heterocycles. The number of anilines is 2. The Kier molecular flexibility index (Phi) is 4.76. The van der Waals surface area contributed by atoms with Crippen LogP contribution in [0.25, 0.3) is 27.5 Å². The molecule has 35 heavy (non-hydrogen) atoms. The summed E-state index contributed by atoms with van der Waals surface area (Å²) in [6, 6.07) is 29.3. The molecule has 0 radical (unpaired) electrons.